The third kappa shape index (κ3) is 555. The molecule has 0 saturated carbocycles. The summed E-state index contributed by atoms with van der Waals surface area (Å²) in [5.74, 6) is 0. The van der Waals surface area contributed by atoms with Gasteiger partial charge in [0.05, 0.1) is 0 Å². The van der Waals surface area contributed by atoms with Gasteiger partial charge in [0.2, 0.25) is 0 Å². The molecule has 4 heavy (non-hydrogen) atoms. The van der Waals surface area contributed by atoms with Crippen LogP contribution in [0.25, 0.3) is 0 Å². The quantitative estimate of drug-likeness (QED) is 0.287. The molecule has 0 aliphatic carbocycles. The molecule has 0 N–H and O–H groups in total. The molecule has 0 radical (unpaired) electrons. The van der Waals surface area contributed by atoms with Crippen molar-refractivity contribution in [1.29, 1.82) is 0 Å². The Balaban J connectivity index is 2.32. The molecule has 0 aliphatic heterocycles. The first-order valence-corrected chi connectivity index (χ1v) is 1.56. The highest BCUT2D eigenvalue weighted by Gasteiger charge is 1.62. The lowest BCUT2D eigenvalue weighted by Gasteiger charge is -1.86. The number of hydrogen-bond donors (Lipinski definition) is 0. The molecule has 0 amide bonds. The zero-order chi connectivity index (χ0) is 3.58. The lowest BCUT2D eigenvalue weighted by Crippen LogP contribution is -1.86. The van der Waals surface area contributed by atoms with Crippen molar-refractivity contribution in [2.75, 3.05) is 0 Å². The maximum Gasteiger partial charge on any atom is -0.0375 e. The minimum Gasteiger partial charge on any atom is -0.365 e. The molecule has 0 aliphatic rings. The largest absolute Gasteiger partial charge is 0.365 e. The zero-order valence-electron chi connectivity index (χ0n) is 3.28. The molecule has 1 heteroatoms. The van der Waals surface area contributed by atoms with Crippen LogP contribution in [0.4, 0.5) is 0 Å². The predicted molar refractivity (Wildman–Crippen MR) is 22.8 cm³/mol. The Morgan fingerprint density at radius 1 is 1.50 bits per heavy atom. The molecule has 0 rings (SSSR count). The van der Waals surface area contributed by atoms with Gasteiger partial charge in [-0.25, -0.2) is 0 Å². The van der Waals surface area contributed by atoms with Gasteiger partial charge >= 0.3 is 0 Å². The monoisotopic (exact) mass is 55.1 g/mol. The van der Waals surface area contributed by atoms with Gasteiger partial charge in [-0.3, -0.25) is 0 Å². The summed E-state index contributed by atoms with van der Waals surface area (Å²) >= 11 is 0. The molecule has 0 heterocycles. The Kier molecular flexibility index (Phi) is 1.41. The highest BCUT2D eigenvalue weighted by Crippen LogP contribution is 1.65. The van der Waals surface area contributed by atoms with Crippen LogP contribution in [0, 0.1) is 6.82 Å². The van der Waals surface area contributed by atoms with E-state index in [1.54, 1.807) is 0 Å². The summed E-state index contributed by atoms with van der Waals surface area (Å²) in [7, 11) is 0. The van der Waals surface area contributed by atoms with Crippen LogP contribution in [0.15, 0.2) is 0 Å². The molecule has 0 spiro atoms. The van der Waals surface area contributed by atoms with Crippen LogP contribution < -0.4 is 0 Å². The minimum atomic E-state index is 0.583. The first kappa shape index (κ1) is 4.06. The van der Waals surface area contributed by atoms with Crippen molar-refractivity contribution in [3.63, 3.8) is 0 Å². The van der Waals surface area contributed by atoms with Gasteiger partial charge in [-0.2, -0.15) is 0 Å². The summed E-state index contributed by atoms with van der Waals surface area (Å²) in [6.45, 7) is 8.33. The summed E-state index contributed by atoms with van der Waals surface area (Å²) < 4.78 is 0. The Hall–Kier alpha value is 0.0649. The molecule has 24 valence electrons. The maximum atomic E-state index is 3.64. The average molecular weight is 54.9 g/mol. The van der Waals surface area contributed by atoms with Gasteiger partial charge in [0, 0.05) is 0 Å². The van der Waals surface area contributed by atoms with E-state index in [-0.39, 0.29) is 0 Å². The zero-order valence-corrected chi connectivity index (χ0v) is 3.28. The highest BCUT2D eigenvalue weighted by molar-refractivity contribution is 6.57. The van der Waals surface area contributed by atoms with Crippen LogP contribution >= 0.6 is 0 Å². The molecule has 0 nitrogen and oxygen atoms in total. The van der Waals surface area contributed by atoms with Crippen LogP contribution in [0.1, 0.15) is 0 Å². The van der Waals surface area contributed by atoms with Gasteiger partial charge in [-0.15, -0.1) is 13.6 Å². The second-order valence-corrected chi connectivity index (χ2v) is 1.39. The molecule has 0 atom stereocenters. The average Bonchev–Trinajstić information content (AvgIpc) is 0.811. The fraction of sp³-hybridized carbons (Fsp3) is 0.667. The fourth-order valence-electron chi connectivity index (χ4n) is 0. The Morgan fingerprint density at radius 2 is 1.50 bits per heavy atom. The van der Waals surface area contributed by atoms with E-state index in [2.05, 4.69) is 20.5 Å². The molecule has 0 bridgehead atoms. The lowest BCUT2D eigenvalue weighted by atomic mass is 9.58. The van der Waals surface area contributed by atoms with Crippen LogP contribution in [-0.2, 0) is 0 Å². The summed E-state index contributed by atoms with van der Waals surface area (Å²) in [4.78, 5) is 0. The van der Waals surface area contributed by atoms with Crippen molar-refractivity contribution in [2.24, 2.45) is 0 Å². The second kappa shape index (κ2) is 1.39. The predicted octanol–water partition coefficient (Wildman–Crippen LogP) is 1.11. The third-order valence-corrected chi connectivity index (χ3v) is 0. The van der Waals surface area contributed by atoms with Crippen molar-refractivity contribution in [3.8, 4) is 0 Å². The summed E-state index contributed by atoms with van der Waals surface area (Å²) in [5, 5.41) is 0. The highest BCUT2D eigenvalue weighted by atomic mass is 13.2. The van der Waals surface area contributed by atoms with E-state index in [0.29, 0.717) is 6.71 Å². The number of rotatable bonds is 0. The van der Waals surface area contributed by atoms with E-state index in [0.717, 1.165) is 0 Å². The van der Waals surface area contributed by atoms with E-state index >= 15 is 0 Å². The Bertz CT molecular complexity index is 8.00. The topological polar surface area (TPSA) is 0 Å². The van der Waals surface area contributed by atoms with E-state index in [9.17, 15) is 0 Å². The standard InChI is InChI=1S/C3H8B/c1-4(2)3/h1H2,2-3H3/q-1. The number of hydrogen-bond acceptors (Lipinski definition) is 0. The first-order chi connectivity index (χ1) is 1.73. The van der Waals surface area contributed by atoms with Crippen molar-refractivity contribution in [3.05, 3.63) is 6.82 Å². The molecule has 0 aromatic carbocycles. The second-order valence-electron chi connectivity index (χ2n) is 1.39. The molecule has 0 aromatic heterocycles. The van der Waals surface area contributed by atoms with Gasteiger partial charge in [-0.05, 0) is 6.71 Å². The normalized spacial score (nSPS) is 6.75. The van der Waals surface area contributed by atoms with Crippen molar-refractivity contribution in [2.45, 2.75) is 13.6 Å². The van der Waals surface area contributed by atoms with E-state index in [1.165, 1.54) is 0 Å². The Morgan fingerprint density at radius 3 is 1.50 bits per heavy atom. The van der Waals surface area contributed by atoms with Crippen molar-refractivity contribution >= 4 is 6.71 Å². The molecule has 0 aromatic rings. The van der Waals surface area contributed by atoms with Crippen molar-refractivity contribution in [1.82, 2.24) is 0 Å². The van der Waals surface area contributed by atoms with Gasteiger partial charge in [0.25, 0.3) is 0 Å². The van der Waals surface area contributed by atoms with Crippen molar-refractivity contribution < 1.29 is 0 Å². The SMILES string of the molecule is [CH2-]B(C)C. The molecular weight excluding hydrogens is 46.8 g/mol. The van der Waals surface area contributed by atoms with Gasteiger partial charge in [0.15, 0.2) is 0 Å². The summed E-state index contributed by atoms with van der Waals surface area (Å²) in [6, 6.07) is 0. The van der Waals surface area contributed by atoms with Gasteiger partial charge in [0.1, 0.15) is 0 Å². The first-order valence-electron chi connectivity index (χ1n) is 1.56. The summed E-state index contributed by atoms with van der Waals surface area (Å²) in [6.07, 6.45) is 0. The van der Waals surface area contributed by atoms with Crippen LogP contribution in [0.3, 0.4) is 0 Å². The minimum absolute atomic E-state index is 0.583. The van der Waals surface area contributed by atoms with Crippen LogP contribution in [0.5, 0.6) is 0 Å². The smallest absolute Gasteiger partial charge is 0.0375 e. The molecular formula is C3H8B-. The van der Waals surface area contributed by atoms with Gasteiger partial charge < -0.3 is 6.82 Å². The van der Waals surface area contributed by atoms with E-state index in [4.69, 9.17) is 0 Å². The van der Waals surface area contributed by atoms with Crippen LogP contribution in [-0.4, -0.2) is 6.71 Å². The van der Waals surface area contributed by atoms with Crippen LogP contribution in [0.2, 0.25) is 13.6 Å². The Labute approximate surface area is 28.3 Å². The molecule has 0 saturated heterocycles. The summed E-state index contributed by atoms with van der Waals surface area (Å²) in [5.41, 5.74) is 0. The fourth-order valence-corrected chi connectivity index (χ4v) is 0. The van der Waals surface area contributed by atoms with E-state index < -0.39 is 0 Å². The third-order valence-electron chi connectivity index (χ3n) is 0. The lowest BCUT2D eigenvalue weighted by molar-refractivity contribution is 2.01. The van der Waals surface area contributed by atoms with Gasteiger partial charge in [-0.1, -0.05) is 0 Å². The molecule has 0 unspecified atom stereocenters. The maximum absolute atomic E-state index is 3.64. The van der Waals surface area contributed by atoms with E-state index in [1.807, 2.05) is 0 Å². The molecule has 0 fully saturated rings.